The maximum absolute atomic E-state index is 5.94. The summed E-state index contributed by atoms with van der Waals surface area (Å²) in [4.78, 5) is 0. The van der Waals surface area contributed by atoms with Gasteiger partial charge in [0.15, 0.2) is 0 Å². The first kappa shape index (κ1) is 8.48. The molecule has 0 aromatic carbocycles. The quantitative estimate of drug-likeness (QED) is 0.618. The normalized spacial score (nSPS) is 42.2. The fraction of sp³-hybridized carbons (Fsp3) is 1.00. The van der Waals surface area contributed by atoms with Crippen LogP contribution < -0.4 is 11.1 Å². The molecule has 0 aromatic heterocycles. The molecule has 0 amide bonds. The van der Waals surface area contributed by atoms with Crippen LogP contribution in [0.3, 0.4) is 0 Å². The first-order chi connectivity index (χ1) is 5.86. The van der Waals surface area contributed by atoms with Crippen LogP contribution in [0.4, 0.5) is 0 Å². The van der Waals surface area contributed by atoms with E-state index in [1.807, 2.05) is 0 Å². The smallest absolute Gasteiger partial charge is 0.0579 e. The summed E-state index contributed by atoms with van der Waals surface area (Å²) in [6, 6.07) is 0.356. The fourth-order valence-corrected chi connectivity index (χ4v) is 2.18. The van der Waals surface area contributed by atoms with Gasteiger partial charge in [0.05, 0.1) is 6.10 Å². The molecule has 0 spiro atoms. The van der Waals surface area contributed by atoms with Gasteiger partial charge in [0.1, 0.15) is 0 Å². The summed E-state index contributed by atoms with van der Waals surface area (Å²) in [5.74, 6) is 0.646. The molecule has 0 saturated carbocycles. The molecular formula is C9H18N2O. The number of rotatable bonds is 2. The second-order valence-electron chi connectivity index (χ2n) is 3.95. The molecule has 0 aromatic rings. The molecule has 2 fully saturated rings. The van der Waals surface area contributed by atoms with Gasteiger partial charge in [-0.15, -0.1) is 0 Å². The Hall–Kier alpha value is -0.120. The Morgan fingerprint density at radius 1 is 1.42 bits per heavy atom. The monoisotopic (exact) mass is 170 g/mol. The van der Waals surface area contributed by atoms with Gasteiger partial charge in [-0.2, -0.15) is 0 Å². The van der Waals surface area contributed by atoms with Crippen molar-refractivity contribution in [1.29, 1.82) is 0 Å². The van der Waals surface area contributed by atoms with Crippen LogP contribution in [0.15, 0.2) is 0 Å². The summed E-state index contributed by atoms with van der Waals surface area (Å²) < 4.78 is 5.58. The molecule has 3 N–H and O–H groups in total. The van der Waals surface area contributed by atoms with Crippen molar-refractivity contribution in [1.82, 2.24) is 5.32 Å². The summed E-state index contributed by atoms with van der Waals surface area (Å²) in [5, 5.41) is 3.32. The lowest BCUT2D eigenvalue weighted by Crippen LogP contribution is -2.31. The predicted octanol–water partition coefficient (Wildman–Crippen LogP) is 0.102. The number of nitrogens with two attached hydrogens (primary N) is 1. The second-order valence-corrected chi connectivity index (χ2v) is 3.95. The molecule has 3 heteroatoms. The molecule has 0 radical (unpaired) electrons. The summed E-state index contributed by atoms with van der Waals surface area (Å²) in [7, 11) is 0. The molecule has 2 rings (SSSR count). The Kier molecular flexibility index (Phi) is 2.63. The van der Waals surface area contributed by atoms with E-state index in [9.17, 15) is 0 Å². The SMILES string of the molecule is N[C@@H]1CNC[C@@H]1CC1CCCO1. The maximum atomic E-state index is 5.94. The van der Waals surface area contributed by atoms with E-state index in [2.05, 4.69) is 5.32 Å². The van der Waals surface area contributed by atoms with E-state index in [0.717, 1.165) is 26.1 Å². The van der Waals surface area contributed by atoms with Crippen molar-refractivity contribution in [3.05, 3.63) is 0 Å². The highest BCUT2D eigenvalue weighted by Gasteiger charge is 2.28. The van der Waals surface area contributed by atoms with Crippen molar-refractivity contribution in [3.63, 3.8) is 0 Å². The van der Waals surface area contributed by atoms with Gasteiger partial charge in [-0.1, -0.05) is 0 Å². The van der Waals surface area contributed by atoms with Crippen LogP contribution in [-0.4, -0.2) is 31.8 Å². The van der Waals surface area contributed by atoms with Crippen LogP contribution in [0.1, 0.15) is 19.3 Å². The molecule has 1 unspecified atom stereocenters. The average molecular weight is 170 g/mol. The number of hydrogen-bond donors (Lipinski definition) is 2. The number of hydrogen-bond acceptors (Lipinski definition) is 3. The van der Waals surface area contributed by atoms with Gasteiger partial charge in [-0.25, -0.2) is 0 Å². The lowest BCUT2D eigenvalue weighted by molar-refractivity contribution is 0.0900. The largest absolute Gasteiger partial charge is 0.378 e. The van der Waals surface area contributed by atoms with Gasteiger partial charge in [0.25, 0.3) is 0 Å². The molecule has 2 saturated heterocycles. The third-order valence-electron chi connectivity index (χ3n) is 2.98. The van der Waals surface area contributed by atoms with E-state index >= 15 is 0 Å². The van der Waals surface area contributed by atoms with E-state index in [4.69, 9.17) is 10.5 Å². The molecular weight excluding hydrogens is 152 g/mol. The topological polar surface area (TPSA) is 47.3 Å². The summed E-state index contributed by atoms with van der Waals surface area (Å²) in [5.41, 5.74) is 5.94. The van der Waals surface area contributed by atoms with E-state index in [-0.39, 0.29) is 0 Å². The average Bonchev–Trinajstić information content (AvgIpc) is 2.65. The van der Waals surface area contributed by atoms with Gasteiger partial charge in [0, 0.05) is 19.2 Å². The minimum Gasteiger partial charge on any atom is -0.378 e. The summed E-state index contributed by atoms with van der Waals surface area (Å²) in [6.45, 7) is 3.03. The highest BCUT2D eigenvalue weighted by Crippen LogP contribution is 2.22. The Labute approximate surface area is 73.7 Å². The van der Waals surface area contributed by atoms with Gasteiger partial charge in [0.2, 0.25) is 0 Å². The molecule has 0 bridgehead atoms. The molecule has 2 aliphatic rings. The Morgan fingerprint density at radius 2 is 2.33 bits per heavy atom. The highest BCUT2D eigenvalue weighted by molar-refractivity contribution is 4.86. The van der Waals surface area contributed by atoms with E-state index in [1.54, 1.807) is 0 Å². The molecule has 12 heavy (non-hydrogen) atoms. The first-order valence-electron chi connectivity index (χ1n) is 4.94. The van der Waals surface area contributed by atoms with E-state index < -0.39 is 0 Å². The summed E-state index contributed by atoms with van der Waals surface area (Å²) >= 11 is 0. The zero-order chi connectivity index (χ0) is 8.39. The van der Waals surface area contributed by atoms with Gasteiger partial charge < -0.3 is 15.8 Å². The van der Waals surface area contributed by atoms with Crippen LogP contribution in [0.25, 0.3) is 0 Å². The third-order valence-corrected chi connectivity index (χ3v) is 2.98. The van der Waals surface area contributed by atoms with Crippen molar-refractivity contribution in [2.24, 2.45) is 11.7 Å². The minimum absolute atomic E-state index is 0.356. The molecule has 0 aliphatic carbocycles. The van der Waals surface area contributed by atoms with Gasteiger partial charge in [-0.3, -0.25) is 0 Å². The van der Waals surface area contributed by atoms with Crippen LogP contribution in [0.5, 0.6) is 0 Å². The van der Waals surface area contributed by atoms with Crippen molar-refractivity contribution in [3.8, 4) is 0 Å². The highest BCUT2D eigenvalue weighted by atomic mass is 16.5. The standard InChI is InChI=1S/C9H18N2O/c10-9-6-11-5-7(9)4-8-2-1-3-12-8/h7-9,11H,1-6,10H2/t7-,8?,9+/m0/s1. The van der Waals surface area contributed by atoms with Crippen LogP contribution >= 0.6 is 0 Å². The number of nitrogens with one attached hydrogen (secondary N) is 1. The summed E-state index contributed by atoms with van der Waals surface area (Å²) in [6.07, 6.45) is 4.14. The fourth-order valence-electron chi connectivity index (χ4n) is 2.18. The maximum Gasteiger partial charge on any atom is 0.0579 e. The van der Waals surface area contributed by atoms with Crippen LogP contribution in [-0.2, 0) is 4.74 Å². The molecule has 2 heterocycles. The van der Waals surface area contributed by atoms with Crippen molar-refractivity contribution >= 4 is 0 Å². The van der Waals surface area contributed by atoms with Crippen molar-refractivity contribution < 1.29 is 4.74 Å². The Balaban J connectivity index is 1.77. The molecule has 3 atom stereocenters. The van der Waals surface area contributed by atoms with Crippen LogP contribution in [0, 0.1) is 5.92 Å². The lowest BCUT2D eigenvalue weighted by Gasteiger charge is -2.17. The molecule has 3 nitrogen and oxygen atoms in total. The Morgan fingerprint density at radius 3 is 2.92 bits per heavy atom. The number of ether oxygens (including phenoxy) is 1. The second kappa shape index (κ2) is 3.73. The molecule has 70 valence electrons. The van der Waals surface area contributed by atoms with E-state index in [0.29, 0.717) is 18.1 Å². The van der Waals surface area contributed by atoms with E-state index in [1.165, 1.54) is 12.8 Å². The predicted molar refractivity (Wildman–Crippen MR) is 47.9 cm³/mol. The first-order valence-corrected chi connectivity index (χ1v) is 4.94. The minimum atomic E-state index is 0.356. The van der Waals surface area contributed by atoms with Crippen molar-refractivity contribution in [2.45, 2.75) is 31.4 Å². The Bertz CT molecular complexity index is 145. The lowest BCUT2D eigenvalue weighted by atomic mass is 9.96. The van der Waals surface area contributed by atoms with Crippen LogP contribution in [0.2, 0.25) is 0 Å². The van der Waals surface area contributed by atoms with Gasteiger partial charge >= 0.3 is 0 Å². The zero-order valence-electron chi connectivity index (χ0n) is 7.46. The van der Waals surface area contributed by atoms with Gasteiger partial charge in [-0.05, 0) is 31.7 Å². The third kappa shape index (κ3) is 1.79. The van der Waals surface area contributed by atoms with Crippen molar-refractivity contribution in [2.75, 3.05) is 19.7 Å². The molecule has 2 aliphatic heterocycles. The zero-order valence-corrected chi connectivity index (χ0v) is 7.46.